The molecule has 2 rings (SSSR count). The monoisotopic (exact) mass is 755 g/mol. The predicted octanol–water partition coefficient (Wildman–Crippen LogP) is 16.9. The molecule has 3 heteroatoms. The van der Waals surface area contributed by atoms with Crippen LogP contribution in [-0.4, -0.2) is 11.4 Å². The molecule has 0 aliphatic carbocycles. The van der Waals surface area contributed by atoms with Gasteiger partial charge in [0.1, 0.15) is 0 Å². The second kappa shape index (κ2) is 32.4. The Bertz CT molecular complexity index is 1220. The normalized spacial score (nSPS) is 12.2. The standard InChI is InChI=1S/C49H80N2.Ni/c1-7-9-10-11-12-13-14-15-16-17-18-19-20-21-22-23-24-25-26-27-28-29-30-31-32-33-34-35-49(51-47-40-44(5)37-45(6)41-47)48(8-2)50-46-38-42(3)36-43(4)39-46;/h34-41H,7-33H2,1-6H3;/b35-34+,50-48?,51-49?;. The van der Waals surface area contributed by atoms with Crippen molar-refractivity contribution in [1.82, 2.24) is 0 Å². The zero-order valence-corrected chi connectivity index (χ0v) is 35.9. The van der Waals surface area contributed by atoms with E-state index in [4.69, 9.17) is 9.98 Å². The maximum atomic E-state index is 5.13. The number of rotatable bonds is 31. The number of aliphatic imine (C=N–C) groups is 2. The molecule has 0 saturated heterocycles. The van der Waals surface area contributed by atoms with Crippen LogP contribution in [0.4, 0.5) is 11.4 Å². The molecule has 52 heavy (non-hydrogen) atoms. The summed E-state index contributed by atoms with van der Waals surface area (Å²) in [6.07, 6.45) is 42.4. The first-order chi connectivity index (χ1) is 24.9. The molecule has 0 unspecified atom stereocenters. The first-order valence-corrected chi connectivity index (χ1v) is 21.9. The number of hydrogen-bond acceptors (Lipinski definition) is 2. The van der Waals surface area contributed by atoms with Crippen molar-refractivity contribution in [1.29, 1.82) is 0 Å². The number of aryl methyl sites for hydroxylation is 4. The summed E-state index contributed by atoms with van der Waals surface area (Å²) in [4.78, 5) is 10.2. The first-order valence-electron chi connectivity index (χ1n) is 21.9. The largest absolute Gasteiger partial charge is 0.251 e. The van der Waals surface area contributed by atoms with Gasteiger partial charge in [-0.25, -0.2) is 4.99 Å². The van der Waals surface area contributed by atoms with Crippen LogP contribution in [0.5, 0.6) is 0 Å². The fraction of sp³-hybridized carbons (Fsp3) is 0.673. The van der Waals surface area contributed by atoms with Crippen molar-refractivity contribution < 1.29 is 16.5 Å². The summed E-state index contributed by atoms with van der Waals surface area (Å²) >= 11 is 0. The topological polar surface area (TPSA) is 24.7 Å². The van der Waals surface area contributed by atoms with Gasteiger partial charge in [-0.3, -0.25) is 4.99 Å². The average molecular weight is 756 g/mol. The van der Waals surface area contributed by atoms with Crippen LogP contribution in [-0.2, 0) is 16.5 Å². The summed E-state index contributed by atoms with van der Waals surface area (Å²) in [5, 5.41) is 0. The van der Waals surface area contributed by atoms with Crippen LogP contribution >= 0.6 is 0 Å². The van der Waals surface area contributed by atoms with E-state index in [0.29, 0.717) is 0 Å². The van der Waals surface area contributed by atoms with E-state index in [1.807, 2.05) is 0 Å². The van der Waals surface area contributed by atoms with E-state index in [2.05, 4.69) is 90.1 Å². The molecule has 0 fully saturated rings. The maximum absolute atomic E-state index is 5.13. The zero-order valence-electron chi connectivity index (χ0n) is 34.9. The van der Waals surface area contributed by atoms with Gasteiger partial charge in [0.25, 0.3) is 0 Å². The molecule has 0 aromatic heterocycles. The Hall–Kier alpha value is -1.99. The smallest absolute Gasteiger partial charge is 0.0848 e. The summed E-state index contributed by atoms with van der Waals surface area (Å²) in [6.45, 7) is 13.1. The third kappa shape index (κ3) is 25.1. The third-order valence-corrected chi connectivity index (χ3v) is 10.3. The van der Waals surface area contributed by atoms with Crippen LogP contribution in [0.2, 0.25) is 0 Å². The van der Waals surface area contributed by atoms with Gasteiger partial charge < -0.3 is 0 Å². The molecule has 0 bridgehead atoms. The second-order valence-corrected chi connectivity index (χ2v) is 15.8. The van der Waals surface area contributed by atoms with Gasteiger partial charge in [0.15, 0.2) is 0 Å². The van der Waals surface area contributed by atoms with Gasteiger partial charge in [0.05, 0.1) is 22.8 Å². The van der Waals surface area contributed by atoms with Gasteiger partial charge >= 0.3 is 0 Å². The summed E-state index contributed by atoms with van der Waals surface area (Å²) in [5.41, 5.74) is 9.06. The molecule has 0 spiro atoms. The molecule has 0 amide bonds. The Morgan fingerprint density at radius 2 is 0.731 bits per heavy atom. The summed E-state index contributed by atoms with van der Waals surface area (Å²) in [5.74, 6) is 0. The quantitative estimate of drug-likeness (QED) is 0.0416. The molecule has 0 heterocycles. The molecule has 0 atom stereocenters. The Kier molecular flexibility index (Phi) is 30.0. The van der Waals surface area contributed by atoms with Gasteiger partial charge in [-0.15, -0.1) is 0 Å². The molecule has 2 aromatic carbocycles. The molecule has 2 nitrogen and oxygen atoms in total. The third-order valence-electron chi connectivity index (χ3n) is 10.3. The number of benzene rings is 2. The van der Waals surface area contributed by atoms with Crippen LogP contribution in [0.25, 0.3) is 0 Å². The van der Waals surface area contributed by atoms with E-state index in [1.165, 1.54) is 183 Å². The fourth-order valence-corrected chi connectivity index (χ4v) is 7.44. The van der Waals surface area contributed by atoms with Gasteiger partial charge in [-0.05, 0) is 99.6 Å². The van der Waals surface area contributed by atoms with Crippen molar-refractivity contribution in [3.8, 4) is 0 Å². The van der Waals surface area contributed by atoms with E-state index in [-0.39, 0.29) is 16.5 Å². The van der Waals surface area contributed by atoms with Crippen LogP contribution in [0.1, 0.15) is 209 Å². The molecule has 0 saturated carbocycles. The van der Waals surface area contributed by atoms with Crippen molar-refractivity contribution in [2.45, 2.75) is 215 Å². The molecule has 0 N–H and O–H groups in total. The van der Waals surface area contributed by atoms with Crippen molar-refractivity contribution >= 4 is 22.8 Å². The van der Waals surface area contributed by atoms with E-state index in [9.17, 15) is 0 Å². The van der Waals surface area contributed by atoms with Crippen LogP contribution in [0, 0.1) is 27.7 Å². The van der Waals surface area contributed by atoms with E-state index >= 15 is 0 Å². The zero-order chi connectivity index (χ0) is 36.8. The van der Waals surface area contributed by atoms with Gasteiger partial charge in [0, 0.05) is 16.5 Å². The summed E-state index contributed by atoms with van der Waals surface area (Å²) in [7, 11) is 0. The Morgan fingerprint density at radius 1 is 0.423 bits per heavy atom. The first kappa shape index (κ1) is 48.0. The van der Waals surface area contributed by atoms with Crippen molar-refractivity contribution in [3.63, 3.8) is 0 Å². The van der Waals surface area contributed by atoms with Crippen molar-refractivity contribution in [2.24, 2.45) is 9.98 Å². The second-order valence-electron chi connectivity index (χ2n) is 15.8. The molecule has 0 aliphatic rings. The predicted molar refractivity (Wildman–Crippen MR) is 231 cm³/mol. The van der Waals surface area contributed by atoms with Crippen LogP contribution in [0.15, 0.2) is 58.5 Å². The minimum atomic E-state index is 0. The fourth-order valence-electron chi connectivity index (χ4n) is 7.44. The van der Waals surface area contributed by atoms with Crippen molar-refractivity contribution in [2.75, 3.05) is 0 Å². The molecule has 296 valence electrons. The van der Waals surface area contributed by atoms with Gasteiger partial charge in [-0.1, -0.05) is 186 Å². The summed E-state index contributed by atoms with van der Waals surface area (Å²) < 4.78 is 0. The molecule has 2 aromatic rings. The molecule has 0 radical (unpaired) electrons. The Morgan fingerprint density at radius 3 is 1.06 bits per heavy atom. The molecular formula is C49H80N2Ni. The van der Waals surface area contributed by atoms with Crippen LogP contribution in [0.3, 0.4) is 0 Å². The Balaban J connectivity index is 0.0000135. The molecular weight excluding hydrogens is 675 g/mol. The number of nitrogens with zero attached hydrogens (tertiary/aromatic N) is 2. The number of unbranched alkanes of at least 4 members (excludes halogenated alkanes) is 25. The maximum Gasteiger partial charge on any atom is 0.0848 e. The SMILES string of the molecule is CCCCCCCCCCCCCCCCCCCCCCCCCCC/C=C/C(=Nc1cc(C)cc(C)c1)C(CC)=Nc1cc(C)cc(C)c1.[Ni]. The van der Waals surface area contributed by atoms with Gasteiger partial charge in [-0.2, -0.15) is 0 Å². The number of allylic oxidation sites excluding steroid dienone is 2. The van der Waals surface area contributed by atoms with E-state index in [0.717, 1.165) is 35.6 Å². The average Bonchev–Trinajstić information content (AvgIpc) is 3.09. The minimum Gasteiger partial charge on any atom is -0.251 e. The Labute approximate surface area is 333 Å². The van der Waals surface area contributed by atoms with Gasteiger partial charge in [0.2, 0.25) is 0 Å². The van der Waals surface area contributed by atoms with E-state index < -0.39 is 0 Å². The molecule has 0 aliphatic heterocycles. The van der Waals surface area contributed by atoms with Crippen molar-refractivity contribution in [3.05, 3.63) is 70.8 Å². The number of hydrogen-bond donors (Lipinski definition) is 0. The van der Waals surface area contributed by atoms with Crippen LogP contribution < -0.4 is 0 Å². The van der Waals surface area contributed by atoms with E-state index in [1.54, 1.807) is 0 Å². The summed E-state index contributed by atoms with van der Waals surface area (Å²) in [6, 6.07) is 13.1. The minimum absolute atomic E-state index is 0.